The maximum atomic E-state index is 14.0. The summed E-state index contributed by atoms with van der Waals surface area (Å²) in [5, 5.41) is 19.1. The molecule has 1 aromatic carbocycles. The maximum absolute atomic E-state index is 14.0. The van der Waals surface area contributed by atoms with Gasteiger partial charge in [0.15, 0.2) is 11.5 Å². The van der Waals surface area contributed by atoms with Gasteiger partial charge >= 0.3 is 5.97 Å². The Morgan fingerprint density at radius 3 is 2.88 bits per heavy atom. The molecule has 2 atom stereocenters. The van der Waals surface area contributed by atoms with E-state index >= 15 is 0 Å². The molecule has 126 valence electrons. The van der Waals surface area contributed by atoms with E-state index in [2.05, 4.69) is 15.6 Å². The van der Waals surface area contributed by atoms with Crippen molar-refractivity contribution in [2.24, 2.45) is 5.92 Å². The number of carboxylic acid groups (broad SMARTS) is 1. The van der Waals surface area contributed by atoms with E-state index in [-0.39, 0.29) is 22.4 Å². The molecule has 24 heavy (non-hydrogen) atoms. The smallest absolute Gasteiger partial charge is 0.306 e. The fourth-order valence-electron chi connectivity index (χ4n) is 2.75. The highest BCUT2D eigenvalue weighted by Crippen LogP contribution is 2.26. The van der Waals surface area contributed by atoms with Crippen molar-refractivity contribution in [3.63, 3.8) is 0 Å². The number of hydrogen-bond donors (Lipinski definition) is 2. The van der Waals surface area contributed by atoms with Crippen molar-refractivity contribution >= 4 is 23.5 Å². The molecule has 1 aromatic heterocycles. The van der Waals surface area contributed by atoms with Crippen LogP contribution < -0.4 is 5.32 Å². The number of nitrogens with one attached hydrogen (secondary N) is 1. The van der Waals surface area contributed by atoms with Crippen molar-refractivity contribution in [3.8, 4) is 5.69 Å². The van der Waals surface area contributed by atoms with Gasteiger partial charge in [-0.3, -0.25) is 9.59 Å². The minimum absolute atomic E-state index is 0.0214. The molecular weight excluding hydrogens is 339 g/mol. The third-order valence-corrected chi connectivity index (χ3v) is 4.31. The normalized spacial score (nSPS) is 20.1. The molecule has 0 unspecified atom stereocenters. The number of carbonyl (C=O) groups is 2. The summed E-state index contributed by atoms with van der Waals surface area (Å²) in [6.07, 6.45) is 2.81. The Kier molecular flexibility index (Phi) is 4.48. The molecule has 2 N–H and O–H groups in total. The zero-order valence-corrected chi connectivity index (χ0v) is 13.2. The number of carboxylic acids is 1. The number of hydrogen-bond acceptors (Lipinski definition) is 4. The third kappa shape index (κ3) is 3.23. The highest BCUT2D eigenvalue weighted by atomic mass is 35.5. The minimum Gasteiger partial charge on any atom is -0.481 e. The van der Waals surface area contributed by atoms with Crippen LogP contribution >= 0.6 is 11.6 Å². The summed E-state index contributed by atoms with van der Waals surface area (Å²) in [5.74, 6) is -2.42. The zero-order chi connectivity index (χ0) is 17.3. The van der Waals surface area contributed by atoms with Crippen molar-refractivity contribution in [2.75, 3.05) is 0 Å². The Morgan fingerprint density at radius 2 is 2.17 bits per heavy atom. The van der Waals surface area contributed by atoms with Gasteiger partial charge in [-0.15, -0.1) is 5.10 Å². The number of rotatable bonds is 4. The van der Waals surface area contributed by atoms with E-state index in [1.54, 1.807) is 6.07 Å². The van der Waals surface area contributed by atoms with Gasteiger partial charge in [0.05, 0.1) is 17.1 Å². The number of aliphatic carboxylic acids is 1. The van der Waals surface area contributed by atoms with Crippen molar-refractivity contribution < 1.29 is 19.1 Å². The first-order chi connectivity index (χ1) is 11.5. The second-order valence-corrected chi connectivity index (χ2v) is 6.05. The largest absolute Gasteiger partial charge is 0.481 e. The standard InChI is InChI=1S/C15H14ClFN4O3/c16-10-2-1-3-12(13(10)17)21-7-11(19-20-21)14(22)18-9-5-4-8(6-9)15(23)24/h1-3,7-9H,4-6H2,(H,18,22)(H,23,24)/t8-,9+/m0/s1. The highest BCUT2D eigenvalue weighted by Gasteiger charge is 2.31. The minimum atomic E-state index is -0.853. The molecule has 1 aliphatic carbocycles. The first-order valence-corrected chi connectivity index (χ1v) is 7.74. The van der Waals surface area contributed by atoms with Crippen LogP contribution in [0.2, 0.25) is 5.02 Å². The van der Waals surface area contributed by atoms with E-state index in [9.17, 15) is 14.0 Å². The average molecular weight is 353 g/mol. The van der Waals surface area contributed by atoms with Crippen molar-refractivity contribution in [1.82, 2.24) is 20.3 Å². The van der Waals surface area contributed by atoms with Gasteiger partial charge in [0.1, 0.15) is 5.69 Å². The van der Waals surface area contributed by atoms with Crippen LogP contribution in [0.1, 0.15) is 29.8 Å². The molecule has 9 heteroatoms. The lowest BCUT2D eigenvalue weighted by Crippen LogP contribution is -2.33. The Labute approximate surface area is 141 Å². The van der Waals surface area contributed by atoms with Crippen LogP contribution in [0.3, 0.4) is 0 Å². The summed E-state index contributed by atoms with van der Waals surface area (Å²) in [6, 6.07) is 4.22. The molecule has 7 nitrogen and oxygen atoms in total. The molecule has 1 aliphatic rings. The SMILES string of the molecule is O=C(N[C@@H]1CC[C@H](C(=O)O)C1)c1cn(-c2cccc(Cl)c2F)nn1. The second kappa shape index (κ2) is 6.56. The zero-order valence-electron chi connectivity index (χ0n) is 12.4. The summed E-state index contributed by atoms with van der Waals surface area (Å²) in [4.78, 5) is 23.1. The summed E-state index contributed by atoms with van der Waals surface area (Å²) in [7, 11) is 0. The van der Waals surface area contributed by atoms with Crippen LogP contribution in [-0.4, -0.2) is 38.0 Å². The van der Waals surface area contributed by atoms with E-state index in [1.165, 1.54) is 18.3 Å². The summed E-state index contributed by atoms with van der Waals surface area (Å²) in [5.41, 5.74) is 0.106. The van der Waals surface area contributed by atoms with Gasteiger partial charge in [0.25, 0.3) is 5.91 Å². The molecule has 0 radical (unpaired) electrons. The molecule has 1 saturated carbocycles. The van der Waals surface area contributed by atoms with Gasteiger partial charge in [-0.05, 0) is 31.4 Å². The van der Waals surface area contributed by atoms with Crippen LogP contribution in [0.5, 0.6) is 0 Å². The molecule has 3 rings (SSSR count). The van der Waals surface area contributed by atoms with Crippen LogP contribution in [0, 0.1) is 11.7 Å². The summed E-state index contributed by atoms with van der Waals surface area (Å²) in [6.45, 7) is 0. The molecular formula is C15H14ClFN4O3. The van der Waals surface area contributed by atoms with E-state index in [4.69, 9.17) is 16.7 Å². The van der Waals surface area contributed by atoms with Gasteiger partial charge in [-0.25, -0.2) is 9.07 Å². The van der Waals surface area contributed by atoms with Gasteiger partial charge in [-0.2, -0.15) is 0 Å². The molecule has 0 aliphatic heterocycles. The molecule has 0 bridgehead atoms. The topological polar surface area (TPSA) is 97.1 Å². The molecule has 0 saturated heterocycles. The van der Waals surface area contributed by atoms with Crippen molar-refractivity contribution in [3.05, 3.63) is 40.9 Å². The maximum Gasteiger partial charge on any atom is 0.306 e. The number of halogens is 2. The lowest BCUT2D eigenvalue weighted by atomic mass is 10.1. The van der Waals surface area contributed by atoms with E-state index in [1.807, 2.05) is 0 Å². The van der Waals surface area contributed by atoms with E-state index < -0.39 is 23.6 Å². The number of benzene rings is 1. The predicted octanol–water partition coefficient (Wildman–Crippen LogP) is 2.04. The number of nitrogens with zero attached hydrogens (tertiary/aromatic N) is 3. The number of carbonyl (C=O) groups excluding carboxylic acids is 1. The average Bonchev–Trinajstić information content (AvgIpc) is 3.19. The first-order valence-electron chi connectivity index (χ1n) is 7.36. The monoisotopic (exact) mass is 352 g/mol. The summed E-state index contributed by atoms with van der Waals surface area (Å²) < 4.78 is 15.1. The van der Waals surface area contributed by atoms with Crippen LogP contribution in [-0.2, 0) is 4.79 Å². The van der Waals surface area contributed by atoms with Gasteiger partial charge in [0, 0.05) is 6.04 Å². The lowest BCUT2D eigenvalue weighted by molar-refractivity contribution is -0.141. The molecule has 1 heterocycles. The number of aromatic nitrogens is 3. The fraction of sp³-hybridized carbons (Fsp3) is 0.333. The Morgan fingerprint density at radius 1 is 1.38 bits per heavy atom. The van der Waals surface area contributed by atoms with Crippen LogP contribution in [0.25, 0.3) is 5.69 Å². The Hall–Kier alpha value is -2.48. The third-order valence-electron chi connectivity index (χ3n) is 4.02. The van der Waals surface area contributed by atoms with Crippen LogP contribution in [0.4, 0.5) is 4.39 Å². The quantitative estimate of drug-likeness (QED) is 0.877. The molecule has 1 amide bonds. The van der Waals surface area contributed by atoms with Gasteiger partial charge in [0.2, 0.25) is 0 Å². The number of amides is 1. The molecule has 0 spiro atoms. The lowest BCUT2D eigenvalue weighted by Gasteiger charge is -2.10. The first kappa shape index (κ1) is 16.4. The van der Waals surface area contributed by atoms with Crippen molar-refractivity contribution in [1.29, 1.82) is 0 Å². The molecule has 2 aromatic rings. The van der Waals surface area contributed by atoms with E-state index in [0.29, 0.717) is 19.3 Å². The van der Waals surface area contributed by atoms with Gasteiger partial charge in [-0.1, -0.05) is 22.9 Å². The van der Waals surface area contributed by atoms with Crippen LogP contribution in [0.15, 0.2) is 24.4 Å². The Balaban J connectivity index is 1.70. The Bertz CT molecular complexity index is 795. The highest BCUT2D eigenvalue weighted by molar-refractivity contribution is 6.30. The van der Waals surface area contributed by atoms with Gasteiger partial charge < -0.3 is 10.4 Å². The van der Waals surface area contributed by atoms with E-state index in [0.717, 1.165) is 4.68 Å². The second-order valence-electron chi connectivity index (χ2n) is 5.64. The summed E-state index contributed by atoms with van der Waals surface area (Å²) >= 11 is 5.72. The fourth-order valence-corrected chi connectivity index (χ4v) is 2.92. The predicted molar refractivity (Wildman–Crippen MR) is 82.6 cm³/mol. The van der Waals surface area contributed by atoms with Crippen molar-refractivity contribution in [2.45, 2.75) is 25.3 Å². The molecule has 1 fully saturated rings.